The van der Waals surface area contributed by atoms with Crippen molar-refractivity contribution in [3.05, 3.63) is 78.0 Å². The van der Waals surface area contributed by atoms with E-state index >= 15 is 0 Å². The summed E-state index contributed by atoms with van der Waals surface area (Å²) in [6.07, 6.45) is 0. The minimum atomic E-state index is -5.15. The Morgan fingerprint density at radius 3 is 1.51 bits per heavy atom. The molecule has 0 atom stereocenters. The van der Waals surface area contributed by atoms with E-state index in [4.69, 9.17) is 16.7 Å². The minimum absolute atomic E-state index is 0. The maximum absolute atomic E-state index is 12.9. The number of azo groups is 3. The molecule has 0 saturated heterocycles. The van der Waals surface area contributed by atoms with Gasteiger partial charge in [0.15, 0.2) is 11.5 Å². The number of nitrogen functional groups attached to an aromatic ring is 2. The molecule has 25 nitrogen and oxygen atoms in total. The van der Waals surface area contributed by atoms with Crippen LogP contribution in [0.2, 0.25) is 0 Å². The van der Waals surface area contributed by atoms with Crippen LogP contribution in [0.15, 0.2) is 118 Å². The van der Waals surface area contributed by atoms with Gasteiger partial charge in [0.1, 0.15) is 54.6 Å². The van der Waals surface area contributed by atoms with Crippen LogP contribution in [0.25, 0.3) is 21.5 Å². The molecule has 0 saturated carbocycles. The fourth-order valence-electron chi connectivity index (χ4n) is 5.59. The predicted molar refractivity (Wildman–Crippen MR) is 210 cm³/mol. The molecule has 0 fully saturated rings. The third kappa shape index (κ3) is 10.4. The number of anilines is 2. The van der Waals surface area contributed by atoms with Crippen LogP contribution in [0.5, 0.6) is 23.0 Å². The molecule has 31 heteroatoms. The number of benzene rings is 6. The van der Waals surface area contributed by atoms with E-state index in [0.29, 0.717) is 6.07 Å². The number of nitrogens with two attached hydrogens (primary N) is 2. The molecular weight excluding hydrogens is 1020 g/mol. The van der Waals surface area contributed by atoms with Gasteiger partial charge in [0.05, 0.1) is 45.2 Å². The van der Waals surface area contributed by atoms with Crippen LogP contribution in [-0.2, 0) is 73.9 Å². The summed E-state index contributed by atoms with van der Waals surface area (Å²) < 4.78 is 105. The SMILES string of the molecule is Nc1c(SOOO)cc(S(=O)(=O)O)c2ccc(N=Nc3ccc([N+]([O-])=Nc4ccc(N=Nc5ccc6c(S(=O)(=O)O)cc(S(=O)(=O)O)c(N)c6c5O)c(O)c4)cc3O)c(O)c12.[Cu].[Cu]. The van der Waals surface area contributed by atoms with Gasteiger partial charge < -0.3 is 37.1 Å². The first-order valence-corrected chi connectivity index (χ1v) is 21.0. The van der Waals surface area contributed by atoms with Crippen LogP contribution in [0.4, 0.5) is 45.5 Å². The molecule has 6 rings (SSSR count). The number of nitrogens with zero attached hydrogens (tertiary/aromatic N) is 6. The summed E-state index contributed by atoms with van der Waals surface area (Å²) in [6, 6.07) is 12.2. The Hall–Kier alpha value is -5.76. The second kappa shape index (κ2) is 18.9. The van der Waals surface area contributed by atoms with Crippen LogP contribution in [0.3, 0.4) is 0 Å². The standard InChI is InChI=1S/C32H24N8O17S4.2Cu/c33-29-23(58-57-56-46)11-24(59(47,48)49)15-3-7-19(31(43)27(15)29)37-36-18-6-2-14(10-22(18)42)40(45)39-13-1-5-17(21(41)9-13)35-38-20-8-4-16-25(60(50,51)52)12-26(61(53,54)55)30(34)28(16)32(20)44;;/h1-12,41-44,46H,33-34H2,(H,47,48,49)(H,50,51,52)(H,53,54,55);;. The summed E-state index contributed by atoms with van der Waals surface area (Å²) in [4.78, 5) is -2.97. The van der Waals surface area contributed by atoms with Crippen molar-refractivity contribution in [2.24, 2.45) is 25.6 Å². The zero-order valence-electron chi connectivity index (χ0n) is 30.3. The van der Waals surface area contributed by atoms with Crippen molar-refractivity contribution in [1.82, 2.24) is 0 Å². The zero-order valence-corrected chi connectivity index (χ0v) is 35.4. The van der Waals surface area contributed by atoms with Gasteiger partial charge in [-0.2, -0.15) is 25.3 Å². The molecule has 0 aliphatic carbocycles. The molecule has 0 spiro atoms. The summed E-state index contributed by atoms with van der Waals surface area (Å²) in [7, 11) is -15.1. The van der Waals surface area contributed by atoms with Crippen molar-refractivity contribution in [3.8, 4) is 23.0 Å². The van der Waals surface area contributed by atoms with Crippen LogP contribution < -0.4 is 11.5 Å². The second-order valence-electron chi connectivity index (χ2n) is 12.1. The largest absolute Gasteiger partial charge is 0.594 e. The fraction of sp³-hybridized carbons (Fsp3) is 0. The minimum Gasteiger partial charge on any atom is -0.594 e. The van der Waals surface area contributed by atoms with Gasteiger partial charge in [-0.3, -0.25) is 13.7 Å². The first kappa shape index (κ1) is 49.9. The van der Waals surface area contributed by atoms with E-state index in [1.54, 1.807) is 0 Å². The number of hydrogen-bond acceptors (Lipinski definition) is 22. The quantitative estimate of drug-likeness (QED) is 0.00870. The first-order chi connectivity index (χ1) is 28.5. The molecule has 0 heterocycles. The number of fused-ring (bicyclic) bond motifs is 2. The Labute approximate surface area is 377 Å². The van der Waals surface area contributed by atoms with Gasteiger partial charge in [0, 0.05) is 62.2 Å². The van der Waals surface area contributed by atoms with Gasteiger partial charge in [-0.25, -0.2) is 5.26 Å². The average molecular weight is 1050 g/mol. The van der Waals surface area contributed by atoms with Gasteiger partial charge in [-0.1, -0.05) is 17.2 Å². The molecule has 0 bridgehead atoms. The summed E-state index contributed by atoms with van der Waals surface area (Å²) >= 11 is 0.251. The number of aromatic hydroxyl groups is 4. The summed E-state index contributed by atoms with van der Waals surface area (Å²) in [5.74, 6) is -2.83. The van der Waals surface area contributed by atoms with Gasteiger partial charge in [0.25, 0.3) is 30.4 Å². The number of hydrogen-bond donors (Lipinski definition) is 10. The smallest absolute Gasteiger partial charge is 0.296 e. The molecule has 2 radical (unpaired) electrons. The molecule has 12 N–H and O–H groups in total. The van der Waals surface area contributed by atoms with Gasteiger partial charge in [-0.05, 0) is 47.3 Å². The normalized spacial score (nSPS) is 12.5. The van der Waals surface area contributed by atoms with E-state index in [-0.39, 0.29) is 101 Å². The molecule has 6 aromatic carbocycles. The van der Waals surface area contributed by atoms with Crippen molar-refractivity contribution >= 4 is 109 Å². The number of phenolic OH excluding ortho intramolecular Hbond substituents is 4. The Morgan fingerprint density at radius 2 is 1.03 bits per heavy atom. The van der Waals surface area contributed by atoms with E-state index in [0.717, 1.165) is 60.7 Å². The fourth-order valence-corrected chi connectivity index (χ4v) is 8.27. The van der Waals surface area contributed by atoms with Crippen LogP contribution in [-0.4, -0.2) is 69.5 Å². The van der Waals surface area contributed by atoms with Crippen molar-refractivity contribution in [2.45, 2.75) is 19.6 Å². The molecular formula is C32H24Cu2N8O17S4. The molecule has 0 unspecified atom stereocenters. The van der Waals surface area contributed by atoms with Crippen molar-refractivity contribution in [1.29, 1.82) is 0 Å². The van der Waals surface area contributed by atoms with E-state index in [2.05, 4.69) is 34.9 Å². The molecule has 0 aliphatic rings. The number of phenols is 4. The molecule has 340 valence electrons. The van der Waals surface area contributed by atoms with Crippen LogP contribution >= 0.6 is 12.0 Å². The molecule has 0 amide bonds. The second-order valence-corrected chi connectivity index (χ2v) is 17.0. The van der Waals surface area contributed by atoms with Crippen LogP contribution in [0.1, 0.15) is 0 Å². The van der Waals surface area contributed by atoms with Crippen molar-refractivity contribution < 1.29 is 113 Å². The average Bonchev–Trinajstić information content (AvgIpc) is 3.16. The van der Waals surface area contributed by atoms with E-state index in [1.807, 2.05) is 0 Å². The Balaban J connectivity index is 0.00000436. The van der Waals surface area contributed by atoms with Gasteiger partial charge in [-0.15, -0.1) is 24.8 Å². The predicted octanol–water partition coefficient (Wildman–Crippen LogP) is 6.90. The van der Waals surface area contributed by atoms with E-state index in [1.165, 1.54) is 6.07 Å². The molecule has 63 heavy (non-hydrogen) atoms. The monoisotopic (exact) mass is 1050 g/mol. The van der Waals surface area contributed by atoms with Crippen molar-refractivity contribution in [2.75, 3.05) is 11.5 Å². The van der Waals surface area contributed by atoms with Gasteiger partial charge >= 0.3 is 0 Å². The molecule has 6 aromatic rings. The van der Waals surface area contributed by atoms with Crippen molar-refractivity contribution in [3.63, 3.8) is 0 Å². The summed E-state index contributed by atoms with van der Waals surface area (Å²) in [5, 5.41) is 85.3. The third-order valence-corrected chi connectivity index (χ3v) is 11.6. The van der Waals surface area contributed by atoms with Gasteiger partial charge in [0.2, 0.25) is 5.69 Å². The van der Waals surface area contributed by atoms with E-state index in [9.17, 15) is 64.5 Å². The first-order valence-electron chi connectivity index (χ1n) is 15.9. The summed E-state index contributed by atoms with van der Waals surface area (Å²) in [5.41, 5.74) is 9.23. The third-order valence-electron chi connectivity index (χ3n) is 8.30. The maximum Gasteiger partial charge on any atom is 0.296 e. The maximum atomic E-state index is 12.9. The topological polar surface area (TPSA) is 423 Å². The Bertz CT molecular complexity index is 3270. The van der Waals surface area contributed by atoms with E-state index < -0.39 is 90.2 Å². The number of rotatable bonds is 12. The van der Waals surface area contributed by atoms with Crippen LogP contribution in [0, 0.1) is 5.21 Å². The molecule has 0 aromatic heterocycles. The Morgan fingerprint density at radius 1 is 0.587 bits per heavy atom. The zero-order chi connectivity index (χ0) is 44.8. The molecule has 0 aliphatic heterocycles. The Kier molecular flexibility index (Phi) is 15.0. The summed E-state index contributed by atoms with van der Waals surface area (Å²) in [6.45, 7) is 0.